The van der Waals surface area contributed by atoms with Crippen molar-refractivity contribution in [2.24, 2.45) is 0 Å². The van der Waals surface area contributed by atoms with Crippen molar-refractivity contribution in [1.29, 1.82) is 0 Å². The van der Waals surface area contributed by atoms with Crippen LogP contribution in [0.1, 0.15) is 21.6 Å². The molecular weight excluding hydrogens is 290 g/mol. The first kappa shape index (κ1) is 13.8. The summed E-state index contributed by atoms with van der Waals surface area (Å²) in [6.07, 6.45) is 0.834. The Bertz CT molecular complexity index is 885. The fourth-order valence-corrected chi connectivity index (χ4v) is 3.11. The Balaban J connectivity index is 1.63. The molecule has 0 bridgehead atoms. The molecule has 0 fully saturated rings. The number of carbonyl (C=O) groups is 1. The number of hydrogen-bond acceptors (Lipinski definition) is 3. The summed E-state index contributed by atoms with van der Waals surface area (Å²) in [6.45, 7) is 1.31. The number of fused-ring (bicyclic) bond motifs is 2. The van der Waals surface area contributed by atoms with Gasteiger partial charge in [-0.05, 0) is 35.7 Å². The summed E-state index contributed by atoms with van der Waals surface area (Å²) in [4.78, 5) is 14.7. The van der Waals surface area contributed by atoms with Gasteiger partial charge in [-0.3, -0.25) is 9.89 Å². The van der Waals surface area contributed by atoms with Gasteiger partial charge in [-0.25, -0.2) is 0 Å². The normalized spacial score (nSPS) is 13.9. The Labute approximate surface area is 133 Å². The first-order valence-electron chi connectivity index (χ1n) is 7.64. The summed E-state index contributed by atoms with van der Waals surface area (Å²) >= 11 is 0. The van der Waals surface area contributed by atoms with E-state index in [1.807, 2.05) is 41.3 Å². The Morgan fingerprint density at radius 2 is 2.09 bits per heavy atom. The molecule has 1 amide bonds. The first-order valence-corrected chi connectivity index (χ1v) is 7.64. The molecule has 0 spiro atoms. The number of benzene rings is 2. The number of amides is 1. The lowest BCUT2D eigenvalue weighted by Gasteiger charge is -2.28. The Morgan fingerprint density at radius 1 is 1.22 bits per heavy atom. The average Bonchev–Trinajstić information content (AvgIpc) is 3.04. The fourth-order valence-electron chi connectivity index (χ4n) is 3.11. The highest BCUT2D eigenvalue weighted by Gasteiger charge is 2.25. The van der Waals surface area contributed by atoms with Crippen molar-refractivity contribution >= 4 is 16.8 Å². The molecule has 1 aliphatic heterocycles. The van der Waals surface area contributed by atoms with Crippen molar-refractivity contribution in [2.45, 2.75) is 13.0 Å². The van der Waals surface area contributed by atoms with Gasteiger partial charge in [0.05, 0.1) is 12.6 Å². The SMILES string of the molecule is COc1ccc2c(c1)CCN(C(=O)c1n[nH]c3ccccc13)C2. The summed E-state index contributed by atoms with van der Waals surface area (Å²) in [7, 11) is 1.67. The number of H-pyrrole nitrogens is 1. The van der Waals surface area contributed by atoms with E-state index in [1.165, 1.54) is 11.1 Å². The van der Waals surface area contributed by atoms with E-state index in [4.69, 9.17) is 4.74 Å². The molecule has 2 heterocycles. The highest BCUT2D eigenvalue weighted by molar-refractivity contribution is 6.04. The van der Waals surface area contributed by atoms with Gasteiger partial charge in [-0.15, -0.1) is 0 Å². The molecule has 3 aromatic rings. The molecule has 0 atom stereocenters. The molecule has 116 valence electrons. The molecule has 1 aliphatic rings. The van der Waals surface area contributed by atoms with Crippen molar-refractivity contribution in [3.8, 4) is 5.75 Å². The van der Waals surface area contributed by atoms with Gasteiger partial charge in [-0.2, -0.15) is 5.10 Å². The maximum absolute atomic E-state index is 12.8. The van der Waals surface area contributed by atoms with E-state index >= 15 is 0 Å². The van der Waals surface area contributed by atoms with Gasteiger partial charge in [0.1, 0.15) is 5.75 Å². The molecule has 0 saturated carbocycles. The number of methoxy groups -OCH3 is 1. The number of rotatable bonds is 2. The van der Waals surface area contributed by atoms with Gasteiger partial charge in [0.25, 0.3) is 5.91 Å². The van der Waals surface area contributed by atoms with Crippen molar-refractivity contribution in [1.82, 2.24) is 15.1 Å². The lowest BCUT2D eigenvalue weighted by Crippen LogP contribution is -2.36. The van der Waals surface area contributed by atoms with Crippen LogP contribution in [0.15, 0.2) is 42.5 Å². The molecule has 4 rings (SSSR count). The van der Waals surface area contributed by atoms with Crippen LogP contribution in [0.2, 0.25) is 0 Å². The van der Waals surface area contributed by atoms with E-state index in [1.54, 1.807) is 7.11 Å². The van der Waals surface area contributed by atoms with E-state index in [-0.39, 0.29) is 5.91 Å². The zero-order valence-electron chi connectivity index (χ0n) is 12.9. The summed E-state index contributed by atoms with van der Waals surface area (Å²) in [5, 5.41) is 8.02. The summed E-state index contributed by atoms with van der Waals surface area (Å²) in [5.41, 5.74) is 3.81. The smallest absolute Gasteiger partial charge is 0.275 e. The molecule has 0 unspecified atom stereocenters. The molecule has 23 heavy (non-hydrogen) atoms. The van der Waals surface area contributed by atoms with Gasteiger partial charge >= 0.3 is 0 Å². The third kappa shape index (κ3) is 2.34. The van der Waals surface area contributed by atoms with E-state index in [0.29, 0.717) is 18.8 Å². The molecule has 0 aliphatic carbocycles. The quantitative estimate of drug-likeness (QED) is 0.792. The highest BCUT2D eigenvalue weighted by atomic mass is 16.5. The number of aromatic amines is 1. The van der Waals surface area contributed by atoms with Crippen LogP contribution in [0.3, 0.4) is 0 Å². The molecule has 0 saturated heterocycles. The molecule has 1 aromatic heterocycles. The summed E-state index contributed by atoms with van der Waals surface area (Å²) in [5.74, 6) is 0.839. The highest BCUT2D eigenvalue weighted by Crippen LogP contribution is 2.25. The second kappa shape index (κ2) is 5.43. The summed E-state index contributed by atoms with van der Waals surface area (Å²) in [6, 6.07) is 13.7. The van der Waals surface area contributed by atoms with Crippen molar-refractivity contribution in [3.05, 3.63) is 59.3 Å². The van der Waals surface area contributed by atoms with E-state index in [2.05, 4.69) is 16.3 Å². The largest absolute Gasteiger partial charge is 0.497 e. The Hall–Kier alpha value is -2.82. The molecule has 5 nitrogen and oxygen atoms in total. The maximum atomic E-state index is 12.8. The van der Waals surface area contributed by atoms with E-state index in [0.717, 1.165) is 23.1 Å². The first-order chi connectivity index (χ1) is 11.3. The van der Waals surface area contributed by atoms with Gasteiger partial charge in [-0.1, -0.05) is 24.3 Å². The minimum atomic E-state index is -0.0241. The zero-order chi connectivity index (χ0) is 15.8. The lowest BCUT2D eigenvalue weighted by atomic mass is 9.99. The number of nitrogens with zero attached hydrogens (tertiary/aromatic N) is 2. The number of hydrogen-bond donors (Lipinski definition) is 1. The number of aromatic nitrogens is 2. The fraction of sp³-hybridized carbons (Fsp3) is 0.222. The van der Waals surface area contributed by atoms with Gasteiger partial charge in [0.2, 0.25) is 0 Å². The van der Waals surface area contributed by atoms with Crippen LogP contribution in [0.5, 0.6) is 5.75 Å². The van der Waals surface area contributed by atoms with Crippen LogP contribution < -0.4 is 4.74 Å². The molecular formula is C18H17N3O2. The topological polar surface area (TPSA) is 58.2 Å². The van der Waals surface area contributed by atoms with Gasteiger partial charge in [0.15, 0.2) is 5.69 Å². The number of nitrogens with one attached hydrogen (secondary N) is 1. The van der Waals surface area contributed by atoms with Crippen molar-refractivity contribution in [3.63, 3.8) is 0 Å². The van der Waals surface area contributed by atoms with Crippen LogP contribution in [0.25, 0.3) is 10.9 Å². The molecule has 2 aromatic carbocycles. The second-order valence-corrected chi connectivity index (χ2v) is 5.73. The maximum Gasteiger partial charge on any atom is 0.275 e. The third-order valence-electron chi connectivity index (χ3n) is 4.39. The van der Waals surface area contributed by atoms with E-state index in [9.17, 15) is 4.79 Å². The second-order valence-electron chi connectivity index (χ2n) is 5.73. The van der Waals surface area contributed by atoms with Crippen LogP contribution in [-0.2, 0) is 13.0 Å². The van der Waals surface area contributed by atoms with Gasteiger partial charge < -0.3 is 9.64 Å². The van der Waals surface area contributed by atoms with Crippen LogP contribution in [0.4, 0.5) is 0 Å². The van der Waals surface area contributed by atoms with Gasteiger partial charge in [0, 0.05) is 18.5 Å². The zero-order valence-corrected chi connectivity index (χ0v) is 12.9. The molecule has 0 radical (unpaired) electrons. The Kier molecular flexibility index (Phi) is 3.26. The number of ether oxygens (including phenoxy) is 1. The average molecular weight is 307 g/mol. The van der Waals surface area contributed by atoms with Crippen LogP contribution >= 0.6 is 0 Å². The summed E-state index contributed by atoms with van der Waals surface area (Å²) < 4.78 is 5.27. The lowest BCUT2D eigenvalue weighted by molar-refractivity contribution is 0.0730. The monoisotopic (exact) mass is 307 g/mol. The van der Waals surface area contributed by atoms with Crippen molar-refractivity contribution in [2.75, 3.05) is 13.7 Å². The predicted octanol–water partition coefficient (Wildman–Crippen LogP) is 2.77. The molecule has 1 N–H and O–H groups in total. The van der Waals surface area contributed by atoms with Crippen LogP contribution in [-0.4, -0.2) is 34.7 Å². The standard InChI is InChI=1S/C18H17N3O2/c1-23-14-7-6-13-11-21(9-8-12(13)10-14)18(22)17-15-4-2-3-5-16(15)19-20-17/h2-7,10H,8-9,11H2,1H3,(H,19,20). The third-order valence-corrected chi connectivity index (χ3v) is 4.39. The number of para-hydroxylation sites is 1. The van der Waals surface area contributed by atoms with E-state index < -0.39 is 0 Å². The van der Waals surface area contributed by atoms with Crippen LogP contribution in [0, 0.1) is 0 Å². The Morgan fingerprint density at radius 3 is 2.96 bits per heavy atom. The molecule has 5 heteroatoms. The predicted molar refractivity (Wildman–Crippen MR) is 87.5 cm³/mol. The van der Waals surface area contributed by atoms with Crippen molar-refractivity contribution < 1.29 is 9.53 Å². The minimum absolute atomic E-state index is 0.0241. The minimum Gasteiger partial charge on any atom is -0.497 e. The number of carbonyl (C=O) groups excluding carboxylic acids is 1.